The molecule has 2 aliphatic carbocycles. The van der Waals surface area contributed by atoms with E-state index in [1.54, 1.807) is 14.2 Å². The van der Waals surface area contributed by atoms with Gasteiger partial charge in [0.15, 0.2) is 0 Å². The van der Waals surface area contributed by atoms with E-state index in [-0.39, 0.29) is 46.9 Å². The van der Waals surface area contributed by atoms with E-state index in [9.17, 15) is 0 Å². The number of hydrogen-bond donors (Lipinski definition) is 0. The minimum Gasteiger partial charge on any atom is -0.382 e. The van der Waals surface area contributed by atoms with Crippen molar-refractivity contribution in [3.63, 3.8) is 0 Å². The van der Waals surface area contributed by atoms with Crippen LogP contribution in [0.25, 0.3) is 0 Å². The molecule has 0 aromatic heterocycles. The molecule has 0 spiro atoms. The Balaban J connectivity index is 0. The van der Waals surface area contributed by atoms with Gasteiger partial charge < -0.3 is 9.47 Å². The summed E-state index contributed by atoms with van der Waals surface area (Å²) in [6.07, 6.45) is 20.0. The first-order valence-electron chi connectivity index (χ1n) is 5.23. The molecule has 2 nitrogen and oxygen atoms in total. The Morgan fingerprint density at radius 2 is 0.706 bits per heavy atom. The Morgan fingerprint density at radius 3 is 0.824 bits per heavy atom. The maximum absolute atomic E-state index is 4.66. The van der Waals surface area contributed by atoms with E-state index >= 15 is 0 Å². The second kappa shape index (κ2) is 19.8. The van der Waals surface area contributed by atoms with Crippen LogP contribution in [0.4, 0.5) is 0 Å². The van der Waals surface area contributed by atoms with Crippen molar-refractivity contribution < 1.29 is 56.4 Å². The van der Waals surface area contributed by atoms with Gasteiger partial charge in [-0.15, -0.1) is 0 Å². The molecule has 0 atom stereocenters. The third-order valence-corrected chi connectivity index (χ3v) is 1.60. The fraction of sp³-hybridized carbons (Fsp3) is 0.286. The molecule has 2 aliphatic rings. The third kappa shape index (κ3) is 19.9. The third-order valence-electron chi connectivity index (χ3n) is 1.60. The Labute approximate surface area is 146 Å². The molecular weight excluding hydrogens is 373 g/mol. The number of rotatable bonds is 3. The van der Waals surface area contributed by atoms with Crippen LogP contribution in [-0.2, 0) is 9.47 Å². The molecule has 0 aliphatic heterocycles. The van der Waals surface area contributed by atoms with Gasteiger partial charge in [-0.05, 0) is 64.2 Å². The van der Waals surface area contributed by atoms with Crippen LogP contribution in [0, 0.1) is 111 Å². The summed E-state index contributed by atoms with van der Waals surface area (Å²) in [5.74, 6) is 0. The first-order valence-corrected chi connectivity index (χ1v) is 5.23. The molecule has 0 N–H and O–H groups in total. The Kier molecular flexibility index (Phi) is 24.1. The molecule has 102 valence electrons. The zero-order valence-corrected chi connectivity index (χ0v) is 12.0. The Morgan fingerprint density at radius 1 is 0.529 bits per heavy atom. The van der Waals surface area contributed by atoms with Gasteiger partial charge in [0, 0.05) is 61.1 Å². The molecule has 2 rings (SSSR count). The van der Waals surface area contributed by atoms with Crippen LogP contribution in [0.15, 0.2) is 0 Å². The zero-order valence-electron chi connectivity index (χ0n) is 10.3. The molecule has 0 aromatic carbocycles. The first-order chi connectivity index (χ1) is 7.91. The standard InChI is InChI=1S/2C5H5.C4H10O2.Yb/c2*1-2-4-5-3-1;1-5-3-4-6-2;/h2*1-5H;3-4H2,1-2H3;. The Bertz CT molecular complexity index is 83.6. The van der Waals surface area contributed by atoms with Crippen molar-refractivity contribution in [2.24, 2.45) is 0 Å². The molecule has 2 fully saturated rings. The van der Waals surface area contributed by atoms with Crippen molar-refractivity contribution >= 4 is 0 Å². The summed E-state index contributed by atoms with van der Waals surface area (Å²) in [7, 11) is 3.30. The van der Waals surface area contributed by atoms with Crippen LogP contribution in [-0.4, -0.2) is 27.4 Å². The van der Waals surface area contributed by atoms with Crippen molar-refractivity contribution in [3.8, 4) is 0 Å². The molecule has 0 amide bonds. The summed E-state index contributed by atoms with van der Waals surface area (Å²) in [5.41, 5.74) is 0. The molecule has 17 heavy (non-hydrogen) atoms. The average Bonchev–Trinajstić information content (AvgIpc) is 3.00. The molecule has 0 aromatic rings. The van der Waals surface area contributed by atoms with Crippen LogP contribution in [0.1, 0.15) is 0 Å². The van der Waals surface area contributed by atoms with Crippen LogP contribution >= 0.6 is 0 Å². The molecule has 0 heterocycles. The number of methoxy groups -OCH3 is 2. The van der Waals surface area contributed by atoms with Crippen molar-refractivity contribution in [2.45, 2.75) is 0 Å². The van der Waals surface area contributed by atoms with E-state index in [1.165, 1.54) is 0 Å². The molecule has 2 saturated carbocycles. The van der Waals surface area contributed by atoms with Gasteiger partial charge in [0.25, 0.3) is 0 Å². The van der Waals surface area contributed by atoms with Crippen molar-refractivity contribution in [3.05, 3.63) is 64.2 Å². The fourth-order valence-electron chi connectivity index (χ4n) is 0.808. The fourth-order valence-corrected chi connectivity index (χ4v) is 0.808. The summed E-state index contributed by atoms with van der Waals surface area (Å²) in [6, 6.07) is 0. The summed E-state index contributed by atoms with van der Waals surface area (Å²) in [6.45, 7) is 1.38. The topological polar surface area (TPSA) is 18.5 Å². The summed E-state index contributed by atoms with van der Waals surface area (Å²) in [4.78, 5) is 0. The second-order valence-corrected chi connectivity index (χ2v) is 2.91. The van der Waals surface area contributed by atoms with Gasteiger partial charge in [0.1, 0.15) is 0 Å². The van der Waals surface area contributed by atoms with Gasteiger partial charge in [-0.3, -0.25) is 0 Å². The van der Waals surface area contributed by atoms with E-state index in [2.05, 4.69) is 9.47 Å². The van der Waals surface area contributed by atoms with Gasteiger partial charge in [0.2, 0.25) is 0 Å². The minimum absolute atomic E-state index is 0. The smallest absolute Gasteiger partial charge is 0.0696 e. The van der Waals surface area contributed by atoms with Crippen molar-refractivity contribution in [1.82, 2.24) is 0 Å². The van der Waals surface area contributed by atoms with E-state index in [4.69, 9.17) is 0 Å². The quantitative estimate of drug-likeness (QED) is 0.686. The maximum atomic E-state index is 4.66. The zero-order chi connectivity index (χ0) is 11.9. The van der Waals surface area contributed by atoms with E-state index in [1.807, 2.05) is 64.2 Å². The molecule has 0 bridgehead atoms. The maximum Gasteiger partial charge on any atom is 0.0696 e. The summed E-state index contributed by atoms with van der Waals surface area (Å²) in [5, 5.41) is 0. The van der Waals surface area contributed by atoms with Gasteiger partial charge in [-0.2, -0.15) is 0 Å². The van der Waals surface area contributed by atoms with Crippen LogP contribution in [0.3, 0.4) is 0 Å². The molecule has 10 radical (unpaired) electrons. The van der Waals surface area contributed by atoms with E-state index < -0.39 is 0 Å². The SMILES string of the molecule is COCCOC.[CH]1[CH][CH][CH][CH]1.[CH]1[CH][CH][CH][CH]1.[Yb]. The predicted molar refractivity (Wildman–Crippen MR) is 66.8 cm³/mol. The number of hydrogen-bond acceptors (Lipinski definition) is 2. The van der Waals surface area contributed by atoms with Crippen molar-refractivity contribution in [2.75, 3.05) is 27.4 Å². The number of ether oxygens (including phenoxy) is 2. The largest absolute Gasteiger partial charge is 0.382 e. The molecule has 3 heteroatoms. The minimum atomic E-state index is 0. The van der Waals surface area contributed by atoms with Gasteiger partial charge in [-0.1, -0.05) is 0 Å². The van der Waals surface area contributed by atoms with Crippen LogP contribution in [0.2, 0.25) is 0 Å². The van der Waals surface area contributed by atoms with Gasteiger partial charge >= 0.3 is 0 Å². The molecule has 0 saturated heterocycles. The van der Waals surface area contributed by atoms with Crippen molar-refractivity contribution in [1.29, 1.82) is 0 Å². The van der Waals surface area contributed by atoms with Gasteiger partial charge in [0.05, 0.1) is 13.2 Å². The Hall–Kier alpha value is 1.44. The van der Waals surface area contributed by atoms with E-state index in [0.717, 1.165) is 0 Å². The average molecular weight is 393 g/mol. The summed E-state index contributed by atoms with van der Waals surface area (Å²) < 4.78 is 9.31. The van der Waals surface area contributed by atoms with Crippen LogP contribution in [0.5, 0.6) is 0 Å². The molecule has 0 unspecified atom stereocenters. The first kappa shape index (κ1) is 20.8. The van der Waals surface area contributed by atoms with Gasteiger partial charge in [-0.25, -0.2) is 0 Å². The second-order valence-electron chi connectivity index (χ2n) is 2.91. The molecular formula is C14H20O2Yb. The normalized spacial score (nSPS) is 17.3. The van der Waals surface area contributed by atoms with E-state index in [0.29, 0.717) is 13.2 Å². The summed E-state index contributed by atoms with van der Waals surface area (Å²) >= 11 is 0. The van der Waals surface area contributed by atoms with Crippen LogP contribution < -0.4 is 0 Å². The monoisotopic (exact) mass is 394 g/mol. The predicted octanol–water partition coefficient (Wildman–Crippen LogP) is 2.32.